The van der Waals surface area contributed by atoms with Gasteiger partial charge in [0.05, 0.1) is 45.2 Å². The summed E-state index contributed by atoms with van der Waals surface area (Å²) in [4.78, 5) is 30.9. The van der Waals surface area contributed by atoms with E-state index in [4.69, 9.17) is 18.9 Å². The van der Waals surface area contributed by atoms with Crippen molar-refractivity contribution in [3.8, 4) is 17.2 Å². The van der Waals surface area contributed by atoms with Gasteiger partial charge in [-0.15, -0.1) is 0 Å². The smallest absolute Gasteiger partial charge is 0.295 e. The Hall–Kier alpha value is -3.56. The Morgan fingerprint density at radius 3 is 2.47 bits per heavy atom. The molecule has 0 saturated carbocycles. The van der Waals surface area contributed by atoms with E-state index in [0.29, 0.717) is 73.8 Å². The minimum atomic E-state index is -0.792. The highest BCUT2D eigenvalue weighted by molar-refractivity contribution is 6.46. The Balaban J connectivity index is 1.72. The van der Waals surface area contributed by atoms with Crippen molar-refractivity contribution >= 4 is 17.4 Å². The van der Waals surface area contributed by atoms with E-state index in [1.54, 1.807) is 30.2 Å². The van der Waals surface area contributed by atoms with Crippen LogP contribution in [0.4, 0.5) is 0 Å². The van der Waals surface area contributed by atoms with E-state index in [0.717, 1.165) is 37.9 Å². The summed E-state index contributed by atoms with van der Waals surface area (Å²) in [6.07, 6.45) is 2.87. The molecule has 2 aliphatic rings. The van der Waals surface area contributed by atoms with Crippen molar-refractivity contribution in [1.29, 1.82) is 0 Å². The number of amides is 1. The molecule has 2 aromatic carbocycles. The lowest BCUT2D eigenvalue weighted by molar-refractivity contribution is -0.140. The van der Waals surface area contributed by atoms with Gasteiger partial charge in [-0.2, -0.15) is 0 Å². The number of Topliss-reactive ketones (excluding diaryl/α,β-unsaturated/α-hetero) is 1. The maximum atomic E-state index is 13.6. The molecular weight excluding hydrogens is 548 g/mol. The lowest BCUT2D eigenvalue weighted by Gasteiger charge is -2.31. The number of ketones is 1. The first-order valence-electron chi connectivity index (χ1n) is 15.4. The van der Waals surface area contributed by atoms with Crippen LogP contribution in [0.15, 0.2) is 42.0 Å². The van der Waals surface area contributed by atoms with E-state index in [2.05, 4.69) is 25.7 Å². The van der Waals surface area contributed by atoms with Gasteiger partial charge < -0.3 is 29.0 Å². The molecule has 1 unspecified atom stereocenters. The monoisotopic (exact) mass is 594 g/mol. The summed E-state index contributed by atoms with van der Waals surface area (Å²) < 4.78 is 23.0. The largest absolute Gasteiger partial charge is 0.507 e. The summed E-state index contributed by atoms with van der Waals surface area (Å²) in [6.45, 7) is 13.1. The number of aliphatic hydroxyl groups excluding tert-OH is 1. The first-order chi connectivity index (χ1) is 20.7. The van der Waals surface area contributed by atoms with Crippen molar-refractivity contribution in [3.05, 3.63) is 58.7 Å². The molecule has 1 N–H and O–H groups in total. The lowest BCUT2D eigenvalue weighted by atomic mass is 9.93. The lowest BCUT2D eigenvalue weighted by Crippen LogP contribution is -2.42. The number of ether oxygens (including phenoxy) is 4. The topological polar surface area (TPSA) is 97.8 Å². The molecule has 0 spiro atoms. The van der Waals surface area contributed by atoms with Gasteiger partial charge in [-0.3, -0.25) is 14.5 Å². The van der Waals surface area contributed by atoms with Crippen LogP contribution in [0.2, 0.25) is 0 Å². The Morgan fingerprint density at radius 1 is 1.02 bits per heavy atom. The van der Waals surface area contributed by atoms with E-state index in [-0.39, 0.29) is 11.3 Å². The summed E-state index contributed by atoms with van der Waals surface area (Å²) in [5.74, 6) is 0.749. The number of hydrogen-bond acceptors (Lipinski definition) is 8. The van der Waals surface area contributed by atoms with Crippen molar-refractivity contribution in [2.75, 3.05) is 59.7 Å². The molecule has 1 atom stereocenters. The number of aryl methyl sites for hydroxylation is 1. The third-order valence-electron chi connectivity index (χ3n) is 7.98. The molecule has 2 saturated heterocycles. The molecule has 2 fully saturated rings. The van der Waals surface area contributed by atoms with E-state index in [1.807, 2.05) is 25.1 Å². The molecule has 2 aliphatic heterocycles. The second kappa shape index (κ2) is 15.3. The minimum absolute atomic E-state index is 0.0604. The molecule has 9 nitrogen and oxygen atoms in total. The standard InChI is InChI=1S/C34H46N2O7/c1-6-7-17-42-26-9-10-27(24(4)21-26)32(37)30-31(25-8-11-28(29(22-25)40-5)43-18-12-23(2)3)36(34(39)33(30)38)14-13-35-15-19-41-20-16-35/h8-11,21-23,31,37H,6-7,12-20H2,1-5H3/b32-30+. The number of rotatable bonds is 14. The van der Waals surface area contributed by atoms with Crippen LogP contribution in [0.3, 0.4) is 0 Å². The van der Waals surface area contributed by atoms with E-state index >= 15 is 0 Å². The fourth-order valence-electron chi connectivity index (χ4n) is 5.38. The maximum Gasteiger partial charge on any atom is 0.295 e. The minimum Gasteiger partial charge on any atom is -0.507 e. The molecule has 2 heterocycles. The van der Waals surface area contributed by atoms with Crippen LogP contribution in [0.5, 0.6) is 17.2 Å². The number of nitrogens with zero attached hydrogens (tertiary/aromatic N) is 2. The fourth-order valence-corrected chi connectivity index (χ4v) is 5.38. The first kappa shape index (κ1) is 32.4. The van der Waals surface area contributed by atoms with Crippen LogP contribution in [-0.4, -0.2) is 86.3 Å². The third kappa shape index (κ3) is 7.89. The van der Waals surface area contributed by atoms with Crippen LogP contribution in [0.25, 0.3) is 5.76 Å². The fraction of sp³-hybridized carbons (Fsp3) is 0.529. The quantitative estimate of drug-likeness (QED) is 0.135. The van der Waals surface area contributed by atoms with Crippen molar-refractivity contribution in [2.24, 2.45) is 5.92 Å². The van der Waals surface area contributed by atoms with E-state index < -0.39 is 17.7 Å². The average Bonchev–Trinajstić information content (AvgIpc) is 3.25. The predicted molar refractivity (Wildman–Crippen MR) is 166 cm³/mol. The number of carbonyl (C=O) groups excluding carboxylic acids is 2. The van der Waals surface area contributed by atoms with Crippen molar-refractivity contribution in [2.45, 2.75) is 53.0 Å². The van der Waals surface area contributed by atoms with Crippen LogP contribution >= 0.6 is 0 Å². The van der Waals surface area contributed by atoms with Gasteiger partial charge in [0.1, 0.15) is 11.5 Å². The van der Waals surface area contributed by atoms with Gasteiger partial charge in [0.2, 0.25) is 0 Å². The van der Waals surface area contributed by atoms with Gasteiger partial charge in [-0.05, 0) is 67.1 Å². The van der Waals surface area contributed by atoms with Gasteiger partial charge in [0.15, 0.2) is 11.5 Å². The molecule has 4 rings (SSSR count). The number of morpholine rings is 1. The second-order valence-electron chi connectivity index (χ2n) is 11.6. The molecule has 1 amide bonds. The van der Waals surface area contributed by atoms with Gasteiger partial charge in [0.25, 0.3) is 11.7 Å². The van der Waals surface area contributed by atoms with Gasteiger partial charge in [-0.1, -0.05) is 33.3 Å². The summed E-state index contributed by atoms with van der Waals surface area (Å²) >= 11 is 0. The molecule has 9 heteroatoms. The highest BCUT2D eigenvalue weighted by Gasteiger charge is 2.46. The normalized spacial score (nSPS) is 18.8. The highest BCUT2D eigenvalue weighted by atomic mass is 16.5. The van der Waals surface area contributed by atoms with Crippen molar-refractivity contribution in [1.82, 2.24) is 9.80 Å². The highest BCUT2D eigenvalue weighted by Crippen LogP contribution is 2.42. The molecule has 0 aromatic heterocycles. The van der Waals surface area contributed by atoms with Gasteiger partial charge in [0, 0.05) is 31.7 Å². The van der Waals surface area contributed by atoms with Crippen LogP contribution in [0.1, 0.15) is 62.8 Å². The number of methoxy groups -OCH3 is 1. The van der Waals surface area contributed by atoms with Gasteiger partial charge >= 0.3 is 0 Å². The van der Waals surface area contributed by atoms with E-state index in [1.165, 1.54) is 0 Å². The second-order valence-corrected chi connectivity index (χ2v) is 11.6. The molecule has 2 aromatic rings. The summed E-state index contributed by atoms with van der Waals surface area (Å²) in [7, 11) is 1.57. The predicted octanol–water partition coefficient (Wildman–Crippen LogP) is 5.36. The number of likely N-dealkylation sites (tertiary alicyclic amines) is 1. The van der Waals surface area contributed by atoms with Crippen LogP contribution < -0.4 is 14.2 Å². The molecule has 0 bridgehead atoms. The van der Waals surface area contributed by atoms with E-state index in [9.17, 15) is 14.7 Å². The summed E-state index contributed by atoms with van der Waals surface area (Å²) in [5, 5.41) is 11.7. The van der Waals surface area contributed by atoms with Crippen molar-refractivity contribution < 1.29 is 33.6 Å². The van der Waals surface area contributed by atoms with Crippen LogP contribution in [-0.2, 0) is 14.3 Å². The van der Waals surface area contributed by atoms with Crippen molar-refractivity contribution in [3.63, 3.8) is 0 Å². The number of aliphatic hydroxyl groups is 1. The Morgan fingerprint density at radius 2 is 1.79 bits per heavy atom. The number of unbranched alkanes of at least 4 members (excludes halogenated alkanes) is 1. The zero-order valence-electron chi connectivity index (χ0n) is 26.2. The molecule has 0 radical (unpaired) electrons. The SMILES string of the molecule is CCCCOc1ccc(/C(O)=C2\C(=O)C(=O)N(CCN3CCOCC3)C2c2ccc(OCCC(C)C)c(OC)c2)c(C)c1. The Labute approximate surface area is 255 Å². The average molecular weight is 595 g/mol. The van der Waals surface area contributed by atoms with Gasteiger partial charge in [-0.25, -0.2) is 0 Å². The number of benzene rings is 2. The first-order valence-corrected chi connectivity index (χ1v) is 15.4. The van der Waals surface area contributed by atoms with Crippen LogP contribution in [0, 0.1) is 12.8 Å². The zero-order chi connectivity index (χ0) is 30.9. The molecule has 43 heavy (non-hydrogen) atoms. The zero-order valence-corrected chi connectivity index (χ0v) is 26.2. The Bertz CT molecular complexity index is 1300. The molecule has 234 valence electrons. The molecule has 0 aliphatic carbocycles. The summed E-state index contributed by atoms with van der Waals surface area (Å²) in [5.41, 5.74) is 1.95. The maximum absolute atomic E-state index is 13.6. The Kier molecular flexibility index (Phi) is 11.5. The summed E-state index contributed by atoms with van der Waals surface area (Å²) in [6, 6.07) is 10.0. The molecular formula is C34H46N2O7. The third-order valence-corrected chi connectivity index (χ3v) is 7.98. The number of carbonyl (C=O) groups is 2. The number of hydrogen-bond donors (Lipinski definition) is 1.